The van der Waals surface area contributed by atoms with Crippen molar-refractivity contribution in [2.24, 2.45) is 5.84 Å². The fourth-order valence-electron chi connectivity index (χ4n) is 1.83. The summed E-state index contributed by atoms with van der Waals surface area (Å²) in [6.07, 6.45) is 1.54. The van der Waals surface area contributed by atoms with Crippen LogP contribution in [0.15, 0.2) is 11.3 Å². The molecule has 1 heterocycles. The highest BCUT2D eigenvalue weighted by Crippen LogP contribution is 2.21. The van der Waals surface area contributed by atoms with Gasteiger partial charge in [-0.25, -0.2) is 20.4 Å². The average molecular weight is 241 g/mol. The molecule has 1 aliphatic heterocycles. The van der Waals surface area contributed by atoms with Gasteiger partial charge in [0.05, 0.1) is 18.2 Å². The number of ether oxygens (including phenoxy) is 1. The Labute approximate surface area is 101 Å². The maximum absolute atomic E-state index is 11.8. The molecule has 0 aliphatic carbocycles. The summed E-state index contributed by atoms with van der Waals surface area (Å²) in [5.74, 6) is 5.14. The van der Waals surface area contributed by atoms with Crippen molar-refractivity contribution in [1.29, 1.82) is 0 Å². The number of nitrogens with two attached hydrogens (primary N) is 1. The minimum Gasteiger partial charge on any atom is -0.463 e. The Morgan fingerprint density at radius 3 is 2.71 bits per heavy atom. The van der Waals surface area contributed by atoms with Crippen LogP contribution in [0, 0.1) is 0 Å². The Hall–Kier alpha value is -1.56. The highest BCUT2D eigenvalue weighted by molar-refractivity contribution is 5.94. The van der Waals surface area contributed by atoms with Gasteiger partial charge in [0.2, 0.25) is 0 Å². The van der Waals surface area contributed by atoms with Gasteiger partial charge >= 0.3 is 12.0 Å². The zero-order valence-electron chi connectivity index (χ0n) is 10.4. The van der Waals surface area contributed by atoms with Gasteiger partial charge in [0.1, 0.15) is 0 Å². The van der Waals surface area contributed by atoms with Crippen molar-refractivity contribution < 1.29 is 14.3 Å². The van der Waals surface area contributed by atoms with Gasteiger partial charge in [-0.3, -0.25) is 0 Å². The number of hydrogen-bond donors (Lipinski definition) is 2. The maximum atomic E-state index is 11.8. The third-order valence-corrected chi connectivity index (χ3v) is 2.69. The van der Waals surface area contributed by atoms with Gasteiger partial charge in [0.25, 0.3) is 0 Å². The monoisotopic (exact) mass is 241 g/mol. The molecule has 0 aromatic heterocycles. The van der Waals surface area contributed by atoms with Crippen LogP contribution in [-0.4, -0.2) is 29.7 Å². The van der Waals surface area contributed by atoms with Crippen LogP contribution < -0.4 is 11.2 Å². The summed E-state index contributed by atoms with van der Waals surface area (Å²) in [7, 11) is 0. The number of nitrogens with zero attached hydrogens (tertiary/aromatic N) is 1. The molecule has 3 N–H and O–H groups in total. The van der Waals surface area contributed by atoms with Gasteiger partial charge in [-0.15, -0.1) is 0 Å². The number of amides is 2. The van der Waals surface area contributed by atoms with Gasteiger partial charge < -0.3 is 10.1 Å². The van der Waals surface area contributed by atoms with Crippen LogP contribution in [-0.2, 0) is 9.53 Å². The summed E-state index contributed by atoms with van der Waals surface area (Å²) < 4.78 is 4.98. The number of carbonyl (C=O) groups is 2. The molecule has 0 saturated carbocycles. The van der Waals surface area contributed by atoms with Gasteiger partial charge in [-0.05, 0) is 20.3 Å². The molecular formula is C11H19N3O3. The Balaban J connectivity index is 3.05. The van der Waals surface area contributed by atoms with Crippen LogP contribution in [0.25, 0.3) is 0 Å². The molecule has 0 unspecified atom stereocenters. The third-order valence-electron chi connectivity index (χ3n) is 2.69. The Bertz CT molecular complexity index is 352. The third kappa shape index (κ3) is 2.76. The van der Waals surface area contributed by atoms with E-state index in [9.17, 15) is 9.59 Å². The summed E-state index contributed by atoms with van der Waals surface area (Å²) in [5, 5.41) is 3.63. The first-order valence-corrected chi connectivity index (χ1v) is 5.76. The van der Waals surface area contributed by atoms with Crippen molar-refractivity contribution in [3.05, 3.63) is 11.3 Å². The van der Waals surface area contributed by atoms with E-state index in [1.54, 1.807) is 13.8 Å². The van der Waals surface area contributed by atoms with E-state index >= 15 is 0 Å². The first-order chi connectivity index (χ1) is 8.02. The van der Waals surface area contributed by atoms with Crippen molar-refractivity contribution in [3.8, 4) is 0 Å². The molecule has 6 heteroatoms. The van der Waals surface area contributed by atoms with Crippen molar-refractivity contribution in [3.63, 3.8) is 0 Å². The second kappa shape index (κ2) is 5.67. The van der Waals surface area contributed by atoms with Crippen LogP contribution in [0.2, 0.25) is 0 Å². The van der Waals surface area contributed by atoms with Gasteiger partial charge in [0.15, 0.2) is 0 Å². The molecule has 1 atom stereocenters. The van der Waals surface area contributed by atoms with E-state index in [4.69, 9.17) is 10.6 Å². The second-order valence-electron chi connectivity index (χ2n) is 3.88. The zero-order chi connectivity index (χ0) is 13.0. The fraction of sp³-hybridized carbons (Fsp3) is 0.636. The molecule has 0 bridgehead atoms. The van der Waals surface area contributed by atoms with E-state index in [2.05, 4.69) is 5.32 Å². The molecule has 96 valence electrons. The van der Waals surface area contributed by atoms with E-state index in [1.165, 1.54) is 0 Å². The molecule has 17 heavy (non-hydrogen) atoms. The molecule has 0 spiro atoms. The standard InChI is InChI=1S/C11H19N3O3/c1-4-6-8-9(10(15)17-5-2)7(3)14(12)11(16)13-8/h8H,4-6,12H2,1-3H3,(H,13,16)/t8-/m0/s1. The number of urea groups is 1. The highest BCUT2D eigenvalue weighted by Gasteiger charge is 2.33. The lowest BCUT2D eigenvalue weighted by molar-refractivity contribution is -0.139. The van der Waals surface area contributed by atoms with Gasteiger partial charge in [0, 0.05) is 5.70 Å². The van der Waals surface area contributed by atoms with Crippen molar-refractivity contribution in [2.45, 2.75) is 39.7 Å². The molecule has 1 aliphatic rings. The van der Waals surface area contributed by atoms with Crippen LogP contribution in [0.4, 0.5) is 4.79 Å². The van der Waals surface area contributed by atoms with Crippen molar-refractivity contribution in [2.75, 3.05) is 6.61 Å². The van der Waals surface area contributed by atoms with Crippen LogP contribution in [0.3, 0.4) is 0 Å². The Morgan fingerprint density at radius 2 is 2.18 bits per heavy atom. The minimum atomic E-state index is -0.418. The highest BCUT2D eigenvalue weighted by atomic mass is 16.5. The number of carbonyl (C=O) groups excluding carboxylic acids is 2. The molecule has 2 amide bonds. The summed E-state index contributed by atoms with van der Waals surface area (Å²) in [6, 6.07) is -0.708. The lowest BCUT2D eigenvalue weighted by Crippen LogP contribution is -2.54. The largest absolute Gasteiger partial charge is 0.463 e. The molecule has 0 aromatic rings. The molecule has 0 radical (unpaired) electrons. The average Bonchev–Trinajstić information content (AvgIpc) is 2.27. The number of allylic oxidation sites excluding steroid dienone is 1. The number of nitrogens with one attached hydrogen (secondary N) is 1. The molecule has 6 nitrogen and oxygen atoms in total. The van der Waals surface area contributed by atoms with Gasteiger partial charge in [-0.2, -0.15) is 0 Å². The van der Waals surface area contributed by atoms with Crippen molar-refractivity contribution >= 4 is 12.0 Å². The smallest absolute Gasteiger partial charge is 0.337 e. The van der Waals surface area contributed by atoms with E-state index in [-0.39, 0.29) is 6.04 Å². The molecular weight excluding hydrogens is 222 g/mol. The number of rotatable bonds is 4. The molecule has 0 aromatic carbocycles. The SMILES string of the molecule is CCC[C@@H]1NC(=O)N(N)C(C)=C1C(=O)OCC. The first-order valence-electron chi connectivity index (χ1n) is 5.76. The quantitative estimate of drug-likeness (QED) is 0.435. The lowest BCUT2D eigenvalue weighted by Gasteiger charge is -2.32. The van der Waals surface area contributed by atoms with E-state index in [0.717, 1.165) is 11.4 Å². The minimum absolute atomic E-state index is 0.299. The number of hydrazine groups is 1. The zero-order valence-corrected chi connectivity index (χ0v) is 10.4. The van der Waals surface area contributed by atoms with Crippen LogP contribution >= 0.6 is 0 Å². The van der Waals surface area contributed by atoms with E-state index < -0.39 is 12.0 Å². The van der Waals surface area contributed by atoms with Gasteiger partial charge in [-0.1, -0.05) is 13.3 Å². The van der Waals surface area contributed by atoms with E-state index in [0.29, 0.717) is 24.3 Å². The summed E-state index contributed by atoms with van der Waals surface area (Å²) in [5.41, 5.74) is 0.890. The van der Waals surface area contributed by atoms with Crippen LogP contribution in [0.1, 0.15) is 33.6 Å². The number of hydrogen-bond acceptors (Lipinski definition) is 4. The summed E-state index contributed by atoms with van der Waals surface area (Å²) in [6.45, 7) is 5.67. The Morgan fingerprint density at radius 1 is 1.53 bits per heavy atom. The summed E-state index contributed by atoms with van der Waals surface area (Å²) in [4.78, 5) is 23.4. The Kier molecular flexibility index (Phi) is 4.51. The number of esters is 1. The summed E-state index contributed by atoms with van der Waals surface area (Å²) >= 11 is 0. The normalized spacial score (nSPS) is 20.4. The molecule has 0 saturated heterocycles. The molecule has 1 rings (SSSR count). The fourth-order valence-corrected chi connectivity index (χ4v) is 1.83. The maximum Gasteiger partial charge on any atom is 0.337 e. The van der Waals surface area contributed by atoms with E-state index in [1.807, 2.05) is 6.92 Å². The predicted molar refractivity (Wildman–Crippen MR) is 62.6 cm³/mol. The van der Waals surface area contributed by atoms with Crippen molar-refractivity contribution in [1.82, 2.24) is 10.3 Å². The van der Waals surface area contributed by atoms with Crippen LogP contribution in [0.5, 0.6) is 0 Å². The lowest BCUT2D eigenvalue weighted by atomic mass is 9.99. The predicted octanol–water partition coefficient (Wildman–Crippen LogP) is 0.891. The first kappa shape index (κ1) is 13.5. The second-order valence-corrected chi connectivity index (χ2v) is 3.88. The topological polar surface area (TPSA) is 84.7 Å². The molecule has 0 fully saturated rings.